The Hall–Kier alpha value is -2.83. The van der Waals surface area contributed by atoms with Crippen LogP contribution in [-0.2, 0) is 32.0 Å². The van der Waals surface area contributed by atoms with Crippen molar-refractivity contribution in [1.82, 2.24) is 9.55 Å². The Morgan fingerprint density at radius 2 is 1.59 bits per heavy atom. The number of carbonyl (C=O) groups excluding carboxylic acids is 2. The van der Waals surface area contributed by atoms with Gasteiger partial charge in [0.15, 0.2) is 5.78 Å². The van der Waals surface area contributed by atoms with Crippen LogP contribution in [0.1, 0.15) is 146 Å². The first-order valence-electron chi connectivity index (χ1n) is 18.8. The van der Waals surface area contributed by atoms with Crippen molar-refractivity contribution in [3.05, 3.63) is 60.0 Å². The summed E-state index contributed by atoms with van der Waals surface area (Å²) in [7, 11) is 1.70. The Balaban J connectivity index is -0.000000782. The molecular weight excluding hydrogens is 608 g/mol. The van der Waals surface area contributed by atoms with Gasteiger partial charge in [0.2, 0.25) is 0 Å². The topological polar surface area (TPSA) is 70.4 Å². The number of rotatable bonds is 11. The number of hydrogen-bond acceptors (Lipinski definition) is 5. The van der Waals surface area contributed by atoms with E-state index in [0.717, 1.165) is 86.6 Å². The predicted octanol–water partition coefficient (Wildman–Crippen LogP) is 12.0. The van der Waals surface area contributed by atoms with Gasteiger partial charge < -0.3 is 18.8 Å². The summed E-state index contributed by atoms with van der Waals surface area (Å²) in [5, 5.41) is 0. The Labute approximate surface area is 302 Å². The van der Waals surface area contributed by atoms with Gasteiger partial charge >= 0.3 is 0 Å². The highest BCUT2D eigenvalue weighted by Gasteiger charge is 2.20. The molecule has 0 saturated carbocycles. The van der Waals surface area contributed by atoms with E-state index >= 15 is 0 Å². The normalized spacial score (nSPS) is 12.9. The third kappa shape index (κ3) is 25.8. The largest absolute Gasteiger partial charge is 0.382 e. The van der Waals surface area contributed by atoms with Crippen LogP contribution in [0.15, 0.2) is 48.6 Å². The van der Waals surface area contributed by atoms with Crippen LogP contribution in [0.25, 0.3) is 16.6 Å². The summed E-state index contributed by atoms with van der Waals surface area (Å²) in [6.45, 7) is 32.7. The Bertz CT molecular complexity index is 1160. The molecule has 1 aliphatic heterocycles. The van der Waals surface area contributed by atoms with E-state index in [1.54, 1.807) is 14.0 Å². The van der Waals surface area contributed by atoms with E-state index in [0.29, 0.717) is 18.4 Å². The molecular formula is C43H76N2O4. The fourth-order valence-corrected chi connectivity index (χ4v) is 3.71. The molecule has 3 rings (SSSR count). The number of carbonyl (C=O) groups is 2. The summed E-state index contributed by atoms with van der Waals surface area (Å²) in [6, 6.07) is 6.54. The molecule has 1 aromatic heterocycles. The van der Waals surface area contributed by atoms with E-state index in [2.05, 4.69) is 83.9 Å². The van der Waals surface area contributed by atoms with Gasteiger partial charge in [-0.3, -0.25) is 4.79 Å². The van der Waals surface area contributed by atoms with Crippen molar-refractivity contribution in [2.45, 2.75) is 154 Å². The van der Waals surface area contributed by atoms with Gasteiger partial charge in [0.05, 0.1) is 17.1 Å². The van der Waals surface area contributed by atoms with Crippen molar-refractivity contribution in [1.29, 1.82) is 0 Å². The average Bonchev–Trinajstić information content (AvgIpc) is 3.45. The molecule has 1 fully saturated rings. The van der Waals surface area contributed by atoms with Crippen molar-refractivity contribution in [2.75, 3.05) is 20.3 Å². The minimum atomic E-state index is 0.0923. The van der Waals surface area contributed by atoms with Crippen molar-refractivity contribution < 1.29 is 19.1 Å². The minimum absolute atomic E-state index is 0.0923. The van der Waals surface area contributed by atoms with E-state index in [1.807, 2.05) is 46.8 Å². The highest BCUT2D eigenvalue weighted by atomic mass is 16.5. The molecule has 0 bridgehead atoms. The number of aryl methyl sites for hydroxylation is 1. The molecule has 0 unspecified atom stereocenters. The maximum Gasteiger partial charge on any atom is 0.155 e. The number of fused-ring (bicyclic) bond motifs is 1. The van der Waals surface area contributed by atoms with Crippen LogP contribution in [0.5, 0.6) is 0 Å². The summed E-state index contributed by atoms with van der Waals surface area (Å²) in [5.74, 6) is 2.52. The fourth-order valence-electron chi connectivity index (χ4n) is 3.71. The number of allylic oxidation sites excluding steroid dienone is 5. The number of nitrogens with zero attached hydrogens (tertiary/aromatic N) is 2. The summed E-state index contributed by atoms with van der Waals surface area (Å²) < 4.78 is 12.6. The van der Waals surface area contributed by atoms with Gasteiger partial charge in [0.25, 0.3) is 0 Å². The SMILES string of the molecule is C/C=C(\C=C(\C)C(C)=O)c1nc2ccc(CC)cc2n1CC1CCOCC1.C=CCC.CCC.CCC(C)C.CCCC=O.COC(C)C. The molecule has 0 radical (unpaired) electrons. The number of methoxy groups -OCH3 is 1. The predicted molar refractivity (Wildman–Crippen MR) is 215 cm³/mol. The van der Waals surface area contributed by atoms with E-state index in [4.69, 9.17) is 14.5 Å². The first kappa shape index (κ1) is 50.5. The van der Waals surface area contributed by atoms with E-state index in [9.17, 15) is 9.59 Å². The zero-order chi connectivity index (χ0) is 38.2. The second kappa shape index (κ2) is 33.7. The molecule has 0 aliphatic carbocycles. The number of benzene rings is 1. The van der Waals surface area contributed by atoms with Crippen molar-refractivity contribution in [2.24, 2.45) is 11.8 Å². The summed E-state index contributed by atoms with van der Waals surface area (Å²) in [4.78, 5) is 26.1. The van der Waals surface area contributed by atoms with Gasteiger partial charge in [-0.25, -0.2) is 4.98 Å². The lowest BCUT2D eigenvalue weighted by Crippen LogP contribution is -2.21. The monoisotopic (exact) mass is 685 g/mol. The van der Waals surface area contributed by atoms with Crippen LogP contribution in [0.3, 0.4) is 0 Å². The quantitative estimate of drug-likeness (QED) is 0.102. The van der Waals surface area contributed by atoms with Gasteiger partial charge in [-0.2, -0.15) is 0 Å². The molecule has 0 N–H and O–H groups in total. The van der Waals surface area contributed by atoms with Gasteiger partial charge in [0, 0.05) is 38.9 Å². The molecule has 6 heteroatoms. The smallest absolute Gasteiger partial charge is 0.155 e. The number of aromatic nitrogens is 2. The lowest BCUT2D eigenvalue weighted by Gasteiger charge is -2.24. The molecule has 1 aliphatic rings. The van der Waals surface area contributed by atoms with Crippen LogP contribution in [0.2, 0.25) is 0 Å². The van der Waals surface area contributed by atoms with Crippen LogP contribution in [-0.4, -0.2) is 48.0 Å². The van der Waals surface area contributed by atoms with Crippen molar-refractivity contribution in [3.63, 3.8) is 0 Å². The van der Waals surface area contributed by atoms with E-state index in [1.165, 1.54) is 23.9 Å². The molecule has 0 amide bonds. The van der Waals surface area contributed by atoms with Crippen molar-refractivity contribution in [3.8, 4) is 0 Å². The molecule has 2 heterocycles. The van der Waals surface area contributed by atoms with Gasteiger partial charge in [-0.05, 0) is 108 Å². The number of ketones is 1. The third-order valence-corrected chi connectivity index (χ3v) is 7.48. The number of unbranched alkanes of at least 4 members (excludes halogenated alkanes) is 1. The van der Waals surface area contributed by atoms with Crippen molar-refractivity contribution >= 4 is 28.7 Å². The Morgan fingerprint density at radius 3 is 1.94 bits per heavy atom. The Morgan fingerprint density at radius 1 is 1.06 bits per heavy atom. The number of Topliss-reactive ketones (excluding diaryl/α,β-unsaturated/α-hetero) is 1. The highest BCUT2D eigenvalue weighted by molar-refractivity contribution is 5.96. The summed E-state index contributed by atoms with van der Waals surface area (Å²) >= 11 is 0. The molecule has 0 atom stereocenters. The lowest BCUT2D eigenvalue weighted by atomic mass is 10.00. The maximum absolute atomic E-state index is 11.7. The van der Waals surface area contributed by atoms with Gasteiger partial charge in [-0.1, -0.05) is 86.4 Å². The second-order valence-electron chi connectivity index (χ2n) is 12.9. The second-order valence-corrected chi connectivity index (χ2v) is 12.9. The van der Waals surface area contributed by atoms with E-state index in [-0.39, 0.29) is 5.78 Å². The standard InChI is InChI=1S/C23H30N2O2.C5H12.C4H10O.C4H8O.C4H8.C3H8/c1-5-18-7-8-21-22(14-18)25(15-19-9-11-27-12-10-19)23(24-21)20(6-2)13-16(3)17(4)26;1-4-5(2)3;1-4(2)5-3;1-2-3-4-5;1-3-4-2;1-3-2/h6-8,13-14,19H,5,9-12,15H2,1-4H3;5H,4H2,1-3H3;4H,1-3H3;4H,2-3H2,1H3;3H,1,4H2,2H3;3H2,1-2H3/b16-13-,20-6+;;;;;. The van der Waals surface area contributed by atoms with Crippen LogP contribution in [0.4, 0.5) is 0 Å². The zero-order valence-electron chi connectivity index (χ0n) is 34.3. The number of imidazole rings is 1. The first-order chi connectivity index (χ1) is 23.3. The molecule has 0 spiro atoms. The lowest BCUT2D eigenvalue weighted by molar-refractivity contribution is -0.113. The number of hydrogen-bond donors (Lipinski definition) is 0. The minimum Gasteiger partial charge on any atom is -0.382 e. The molecule has 49 heavy (non-hydrogen) atoms. The first-order valence-corrected chi connectivity index (χ1v) is 18.8. The molecule has 2 aromatic rings. The van der Waals surface area contributed by atoms with Crippen LogP contribution >= 0.6 is 0 Å². The fraction of sp³-hybridized carbons (Fsp3) is 0.651. The zero-order valence-corrected chi connectivity index (χ0v) is 34.3. The molecule has 1 saturated heterocycles. The van der Waals surface area contributed by atoms with E-state index < -0.39 is 0 Å². The summed E-state index contributed by atoms with van der Waals surface area (Å²) in [6.07, 6.45) is 15.7. The molecule has 282 valence electrons. The van der Waals surface area contributed by atoms with Crippen LogP contribution in [0, 0.1) is 11.8 Å². The van der Waals surface area contributed by atoms with Gasteiger partial charge in [0.1, 0.15) is 12.1 Å². The van der Waals surface area contributed by atoms with Gasteiger partial charge in [-0.15, -0.1) is 6.58 Å². The Kier molecular flexibility index (Phi) is 34.7. The van der Waals surface area contributed by atoms with Crippen LogP contribution < -0.4 is 0 Å². The highest BCUT2D eigenvalue weighted by Crippen LogP contribution is 2.28. The average molecular weight is 685 g/mol. The maximum atomic E-state index is 11.7. The molecule has 1 aromatic carbocycles. The third-order valence-electron chi connectivity index (χ3n) is 7.48. The summed E-state index contributed by atoms with van der Waals surface area (Å²) in [5.41, 5.74) is 5.28. The number of ether oxygens (including phenoxy) is 2. The number of aldehydes is 1. The molecule has 6 nitrogen and oxygen atoms in total.